The van der Waals surface area contributed by atoms with Crippen molar-refractivity contribution in [2.45, 2.75) is 59.4 Å². The summed E-state index contributed by atoms with van der Waals surface area (Å²) in [6.07, 6.45) is 3.23. The summed E-state index contributed by atoms with van der Waals surface area (Å²) in [5, 5.41) is 4.15. The predicted molar refractivity (Wildman–Crippen MR) is 87.0 cm³/mol. The number of nitrogens with zero attached hydrogens (tertiary/aromatic N) is 4. The van der Waals surface area contributed by atoms with Crippen LogP contribution < -0.4 is 0 Å². The van der Waals surface area contributed by atoms with E-state index in [1.807, 2.05) is 0 Å². The van der Waals surface area contributed by atoms with Gasteiger partial charge in [0.15, 0.2) is 5.82 Å². The second-order valence-electron chi connectivity index (χ2n) is 8.75. The number of hydrogen-bond donors (Lipinski definition) is 0. The van der Waals surface area contributed by atoms with Gasteiger partial charge in [-0.2, -0.15) is 4.98 Å². The smallest absolute Gasteiger partial charge is 0.327 e. The van der Waals surface area contributed by atoms with Crippen LogP contribution in [0, 0.1) is 10.8 Å². The number of aromatic nitrogens is 2. The third-order valence-electron chi connectivity index (χ3n) is 4.99. The first kappa shape index (κ1) is 16.9. The van der Waals surface area contributed by atoms with Gasteiger partial charge >= 0.3 is 6.03 Å². The van der Waals surface area contributed by atoms with Gasteiger partial charge in [0.25, 0.3) is 0 Å². The van der Waals surface area contributed by atoms with E-state index in [2.05, 4.69) is 37.8 Å². The van der Waals surface area contributed by atoms with Crippen molar-refractivity contribution in [1.29, 1.82) is 0 Å². The van der Waals surface area contributed by atoms with Crippen molar-refractivity contribution < 1.29 is 14.1 Å². The van der Waals surface area contributed by atoms with Crippen molar-refractivity contribution in [1.82, 2.24) is 19.9 Å². The molecule has 132 valence electrons. The van der Waals surface area contributed by atoms with E-state index in [4.69, 9.17) is 4.52 Å². The Morgan fingerprint density at radius 2 is 1.79 bits per heavy atom. The summed E-state index contributed by atoms with van der Waals surface area (Å²) in [7, 11) is 1.48. The van der Waals surface area contributed by atoms with Gasteiger partial charge in [0.1, 0.15) is 13.1 Å². The molecule has 0 radical (unpaired) electrons. The topological polar surface area (TPSA) is 79.5 Å². The van der Waals surface area contributed by atoms with Crippen molar-refractivity contribution in [3.05, 3.63) is 11.7 Å². The van der Waals surface area contributed by atoms with Gasteiger partial charge in [-0.3, -0.25) is 9.69 Å². The van der Waals surface area contributed by atoms with Gasteiger partial charge < -0.3 is 9.42 Å². The number of urea groups is 1. The van der Waals surface area contributed by atoms with Gasteiger partial charge in [0, 0.05) is 13.0 Å². The van der Waals surface area contributed by atoms with Gasteiger partial charge in [-0.05, 0) is 30.1 Å². The van der Waals surface area contributed by atoms with Crippen LogP contribution in [-0.2, 0) is 11.3 Å². The van der Waals surface area contributed by atoms with Crippen LogP contribution in [-0.4, -0.2) is 45.5 Å². The zero-order valence-electron chi connectivity index (χ0n) is 15.1. The van der Waals surface area contributed by atoms with E-state index in [9.17, 15) is 9.59 Å². The summed E-state index contributed by atoms with van der Waals surface area (Å²) < 4.78 is 5.35. The number of amides is 3. The lowest BCUT2D eigenvalue weighted by Gasteiger charge is -2.44. The molecule has 7 nitrogen and oxygen atoms in total. The molecule has 7 heteroatoms. The van der Waals surface area contributed by atoms with Crippen LogP contribution in [0.5, 0.6) is 0 Å². The van der Waals surface area contributed by atoms with Crippen molar-refractivity contribution in [3.8, 4) is 0 Å². The Morgan fingerprint density at radius 1 is 1.17 bits per heavy atom. The van der Waals surface area contributed by atoms with Crippen LogP contribution in [0.4, 0.5) is 4.79 Å². The molecule has 0 bridgehead atoms. The molecule has 0 aromatic carbocycles. The van der Waals surface area contributed by atoms with E-state index in [0.717, 1.165) is 23.6 Å². The average molecular weight is 334 g/mol. The Hall–Kier alpha value is -1.92. The van der Waals surface area contributed by atoms with Crippen LogP contribution in [0.25, 0.3) is 0 Å². The molecule has 3 rings (SSSR count). The van der Waals surface area contributed by atoms with E-state index in [0.29, 0.717) is 5.89 Å². The lowest BCUT2D eigenvalue weighted by atomic mass is 9.61. The highest BCUT2D eigenvalue weighted by atomic mass is 16.5. The molecule has 3 amide bonds. The van der Waals surface area contributed by atoms with E-state index in [1.54, 1.807) is 0 Å². The number of likely N-dealkylation sites (N-methyl/N-ethyl adjacent to an activating group) is 1. The maximum Gasteiger partial charge on any atom is 0.327 e. The molecule has 1 saturated heterocycles. The van der Waals surface area contributed by atoms with E-state index >= 15 is 0 Å². The van der Waals surface area contributed by atoms with Crippen LogP contribution in [0.3, 0.4) is 0 Å². The van der Waals surface area contributed by atoms with Crippen LogP contribution in [0.1, 0.15) is 64.6 Å². The number of hydrogen-bond acceptors (Lipinski definition) is 5. The highest BCUT2D eigenvalue weighted by molar-refractivity contribution is 6.01. The van der Waals surface area contributed by atoms with E-state index < -0.39 is 0 Å². The molecule has 1 saturated carbocycles. The first-order valence-electron chi connectivity index (χ1n) is 8.44. The fourth-order valence-corrected chi connectivity index (χ4v) is 4.47. The number of rotatable bonds is 3. The normalized spacial score (nSPS) is 24.0. The average Bonchev–Trinajstić information content (AvgIpc) is 2.98. The highest BCUT2D eigenvalue weighted by Crippen LogP contribution is 2.51. The number of carbonyl (C=O) groups is 2. The van der Waals surface area contributed by atoms with Crippen molar-refractivity contribution in [2.75, 3.05) is 13.6 Å². The van der Waals surface area contributed by atoms with Crippen LogP contribution in [0.2, 0.25) is 0 Å². The monoisotopic (exact) mass is 334 g/mol. The Morgan fingerprint density at radius 3 is 2.33 bits per heavy atom. The predicted octanol–water partition coefficient (Wildman–Crippen LogP) is 2.78. The molecule has 1 aliphatic heterocycles. The maximum atomic E-state index is 11.9. The molecule has 2 aliphatic rings. The van der Waals surface area contributed by atoms with E-state index in [-0.39, 0.29) is 41.8 Å². The molecular weight excluding hydrogens is 308 g/mol. The van der Waals surface area contributed by atoms with Crippen LogP contribution in [0.15, 0.2) is 4.52 Å². The third-order valence-corrected chi connectivity index (χ3v) is 4.99. The van der Waals surface area contributed by atoms with Gasteiger partial charge in [-0.15, -0.1) is 0 Å². The van der Waals surface area contributed by atoms with Crippen molar-refractivity contribution in [2.24, 2.45) is 10.8 Å². The minimum absolute atomic E-state index is 0.0660. The minimum atomic E-state index is -0.320. The lowest BCUT2D eigenvalue weighted by Crippen LogP contribution is -2.33. The summed E-state index contributed by atoms with van der Waals surface area (Å²) >= 11 is 0. The fraction of sp³-hybridized carbons (Fsp3) is 0.765. The highest BCUT2D eigenvalue weighted by Gasteiger charge is 2.41. The Kier molecular flexibility index (Phi) is 3.92. The summed E-state index contributed by atoms with van der Waals surface area (Å²) in [4.78, 5) is 30.6. The van der Waals surface area contributed by atoms with Gasteiger partial charge in [0.2, 0.25) is 11.8 Å². The molecular formula is C17H26N4O3. The second kappa shape index (κ2) is 5.57. The second-order valence-corrected chi connectivity index (χ2v) is 8.75. The third kappa shape index (κ3) is 3.30. The maximum absolute atomic E-state index is 11.9. The van der Waals surface area contributed by atoms with Crippen LogP contribution >= 0.6 is 0 Å². The summed E-state index contributed by atoms with van der Waals surface area (Å²) in [6.45, 7) is 9.38. The zero-order valence-corrected chi connectivity index (χ0v) is 15.1. The molecule has 0 spiro atoms. The quantitative estimate of drug-likeness (QED) is 0.794. The summed E-state index contributed by atoms with van der Waals surface area (Å²) in [6, 6.07) is -0.320. The molecule has 1 aromatic rings. The van der Waals surface area contributed by atoms with E-state index in [1.165, 1.54) is 18.4 Å². The van der Waals surface area contributed by atoms with Crippen molar-refractivity contribution in [3.63, 3.8) is 0 Å². The molecule has 24 heavy (non-hydrogen) atoms. The molecule has 0 unspecified atom stereocenters. The zero-order chi connectivity index (χ0) is 17.7. The molecule has 2 fully saturated rings. The summed E-state index contributed by atoms with van der Waals surface area (Å²) in [5.74, 6) is 1.16. The molecule has 1 aromatic heterocycles. The molecule has 2 heterocycles. The first-order chi connectivity index (χ1) is 11.1. The van der Waals surface area contributed by atoms with Gasteiger partial charge in [0.05, 0.1) is 0 Å². The standard InChI is InChI=1S/C17H26N4O3/c1-16(2)6-11(7-17(3,4)10-16)14-18-12(24-19-14)8-21-9-13(22)20(5)15(21)23/h11H,6-10H2,1-5H3. The molecule has 0 atom stereocenters. The Bertz CT molecular complexity index is 649. The minimum Gasteiger partial charge on any atom is -0.337 e. The lowest BCUT2D eigenvalue weighted by molar-refractivity contribution is -0.124. The SMILES string of the molecule is CN1C(=O)CN(Cc2nc(C3CC(C)(C)CC(C)(C)C3)no2)C1=O. The van der Waals surface area contributed by atoms with Gasteiger partial charge in [-0.25, -0.2) is 4.79 Å². The van der Waals surface area contributed by atoms with Crippen molar-refractivity contribution >= 4 is 11.9 Å². The van der Waals surface area contributed by atoms with Gasteiger partial charge in [-0.1, -0.05) is 32.9 Å². The molecule has 0 N–H and O–H groups in total. The number of carbonyl (C=O) groups excluding carboxylic acids is 2. The summed E-state index contributed by atoms with van der Waals surface area (Å²) in [5.41, 5.74) is 0.487. The number of imide groups is 1. The Labute approximate surface area is 142 Å². The fourth-order valence-electron chi connectivity index (χ4n) is 4.47. The first-order valence-corrected chi connectivity index (χ1v) is 8.44. The molecule has 1 aliphatic carbocycles. The Balaban J connectivity index is 1.72. The largest absolute Gasteiger partial charge is 0.337 e.